The van der Waals surface area contributed by atoms with Gasteiger partial charge in [0.1, 0.15) is 0 Å². The number of likely N-dealkylation sites (tertiary alicyclic amines) is 1. The molecule has 2 N–H and O–H groups in total. The molecule has 0 aliphatic carbocycles. The smallest absolute Gasteiger partial charge is 0.221 e. The summed E-state index contributed by atoms with van der Waals surface area (Å²) < 4.78 is 0. The van der Waals surface area contributed by atoms with Crippen LogP contribution in [0.3, 0.4) is 0 Å². The quantitative estimate of drug-likeness (QED) is 0.710. The highest BCUT2D eigenvalue weighted by atomic mass is 35.5. The number of carbonyl (C=O) groups excluding carboxylic acids is 1. The summed E-state index contributed by atoms with van der Waals surface area (Å²) in [4.78, 5) is 14.8. The van der Waals surface area contributed by atoms with Crippen molar-refractivity contribution in [2.45, 2.75) is 31.3 Å². The largest absolute Gasteiger partial charge is 0.354 e. The Bertz CT molecular complexity index is 552. The first-order chi connectivity index (χ1) is 11.7. The number of carbonyl (C=O) groups is 1. The Balaban J connectivity index is 0.00000169. The molecule has 0 bridgehead atoms. The van der Waals surface area contributed by atoms with Crippen LogP contribution in [0.25, 0.3) is 0 Å². The molecule has 4 nitrogen and oxygen atoms in total. The number of benzene rings is 1. The monoisotopic (exact) mass is 439 g/mol. The van der Waals surface area contributed by atoms with E-state index in [-0.39, 0.29) is 36.8 Å². The Labute approximate surface area is 178 Å². The molecule has 2 unspecified atom stereocenters. The Hall–Kier alpha value is -0.170. The first kappa shape index (κ1) is 23.9. The zero-order valence-electron chi connectivity index (χ0n) is 14.8. The molecular formula is C18H28Cl3N3OS. The summed E-state index contributed by atoms with van der Waals surface area (Å²) in [5.41, 5.74) is 1.19. The third-order valence-electron chi connectivity index (χ3n) is 4.74. The molecule has 0 radical (unpaired) electrons. The zero-order valence-corrected chi connectivity index (χ0v) is 18.0. The van der Waals surface area contributed by atoms with E-state index in [1.165, 1.54) is 18.4 Å². The lowest BCUT2D eigenvalue weighted by atomic mass is 10.1. The molecule has 1 aromatic rings. The van der Waals surface area contributed by atoms with Gasteiger partial charge in [0, 0.05) is 42.1 Å². The van der Waals surface area contributed by atoms with Crippen LogP contribution in [-0.2, 0) is 4.79 Å². The molecule has 148 valence electrons. The van der Waals surface area contributed by atoms with Gasteiger partial charge in [-0.1, -0.05) is 23.7 Å². The first-order valence-electron chi connectivity index (χ1n) is 8.80. The topological polar surface area (TPSA) is 44.4 Å². The molecule has 2 aliphatic rings. The predicted octanol–water partition coefficient (Wildman–Crippen LogP) is 3.53. The van der Waals surface area contributed by atoms with Gasteiger partial charge in [0.05, 0.1) is 6.04 Å². The molecule has 2 saturated heterocycles. The number of halogens is 3. The van der Waals surface area contributed by atoms with Crippen molar-refractivity contribution in [2.24, 2.45) is 0 Å². The lowest BCUT2D eigenvalue weighted by Crippen LogP contribution is -2.43. The standard InChI is InChI=1S/C18H26ClN3OS.2ClH/c19-15-5-3-4-14(10-15)17(22-7-1-2-8-22)12-21-18(23)11-16-13-24-9-6-20-16;;/h3-5,10,16-17,20H,1-2,6-9,11-13H2,(H,21,23);2*1H. The first-order valence-corrected chi connectivity index (χ1v) is 10.3. The predicted molar refractivity (Wildman–Crippen MR) is 116 cm³/mol. The molecule has 2 heterocycles. The number of amides is 1. The molecule has 26 heavy (non-hydrogen) atoms. The van der Waals surface area contributed by atoms with Crippen LogP contribution >= 0.6 is 48.2 Å². The van der Waals surface area contributed by atoms with Crippen molar-refractivity contribution in [2.75, 3.05) is 37.7 Å². The molecule has 1 aromatic carbocycles. The molecular weight excluding hydrogens is 413 g/mol. The van der Waals surface area contributed by atoms with Crippen LogP contribution in [0.1, 0.15) is 30.9 Å². The number of nitrogens with zero attached hydrogens (tertiary/aromatic N) is 1. The highest BCUT2D eigenvalue weighted by molar-refractivity contribution is 7.99. The third kappa shape index (κ3) is 7.10. The van der Waals surface area contributed by atoms with E-state index in [1.54, 1.807) is 0 Å². The van der Waals surface area contributed by atoms with Gasteiger partial charge in [-0.2, -0.15) is 11.8 Å². The molecule has 2 fully saturated rings. The van der Waals surface area contributed by atoms with Gasteiger partial charge in [0.2, 0.25) is 5.91 Å². The fourth-order valence-corrected chi connectivity index (χ4v) is 4.63. The fourth-order valence-electron chi connectivity index (χ4n) is 3.48. The minimum Gasteiger partial charge on any atom is -0.354 e. The van der Waals surface area contributed by atoms with Crippen molar-refractivity contribution in [3.63, 3.8) is 0 Å². The second-order valence-electron chi connectivity index (χ2n) is 6.55. The SMILES string of the molecule is Cl.Cl.O=C(CC1CSCCN1)NCC(c1cccc(Cl)c1)N1CCCC1. The number of hydrogen-bond acceptors (Lipinski definition) is 4. The molecule has 2 atom stereocenters. The van der Waals surface area contributed by atoms with Crippen LogP contribution < -0.4 is 10.6 Å². The van der Waals surface area contributed by atoms with E-state index in [9.17, 15) is 4.79 Å². The second kappa shape index (κ2) is 12.3. The highest BCUT2D eigenvalue weighted by Gasteiger charge is 2.25. The average molecular weight is 441 g/mol. The van der Waals surface area contributed by atoms with Crippen LogP contribution in [0.15, 0.2) is 24.3 Å². The highest BCUT2D eigenvalue weighted by Crippen LogP contribution is 2.26. The summed E-state index contributed by atoms with van der Waals surface area (Å²) >= 11 is 8.09. The van der Waals surface area contributed by atoms with Crippen LogP contribution in [-0.4, -0.2) is 54.5 Å². The summed E-state index contributed by atoms with van der Waals surface area (Å²) in [6.07, 6.45) is 3.03. The Morgan fingerprint density at radius 2 is 2.12 bits per heavy atom. The maximum atomic E-state index is 12.3. The maximum Gasteiger partial charge on any atom is 0.221 e. The van der Waals surface area contributed by atoms with Gasteiger partial charge < -0.3 is 10.6 Å². The molecule has 1 amide bonds. The minimum atomic E-state index is 0. The normalized spacial score (nSPS) is 21.3. The third-order valence-corrected chi connectivity index (χ3v) is 6.10. The van der Waals surface area contributed by atoms with Gasteiger partial charge in [-0.15, -0.1) is 24.8 Å². The Kier molecular flexibility index (Phi) is 11.3. The van der Waals surface area contributed by atoms with Crippen molar-refractivity contribution in [1.29, 1.82) is 0 Å². The van der Waals surface area contributed by atoms with Gasteiger partial charge in [-0.25, -0.2) is 0 Å². The van der Waals surface area contributed by atoms with E-state index < -0.39 is 0 Å². The van der Waals surface area contributed by atoms with Crippen LogP contribution in [0.4, 0.5) is 0 Å². The minimum absolute atomic E-state index is 0. The van der Waals surface area contributed by atoms with E-state index in [0.29, 0.717) is 19.0 Å². The molecule has 2 aliphatic heterocycles. The second-order valence-corrected chi connectivity index (χ2v) is 8.13. The summed E-state index contributed by atoms with van der Waals surface area (Å²) in [6.45, 7) is 3.84. The van der Waals surface area contributed by atoms with Crippen molar-refractivity contribution < 1.29 is 4.79 Å². The lowest BCUT2D eigenvalue weighted by Gasteiger charge is -2.29. The molecule has 0 saturated carbocycles. The van der Waals surface area contributed by atoms with Gasteiger partial charge in [-0.3, -0.25) is 9.69 Å². The van der Waals surface area contributed by atoms with E-state index >= 15 is 0 Å². The molecule has 8 heteroatoms. The van der Waals surface area contributed by atoms with Gasteiger partial charge in [-0.05, 0) is 43.6 Å². The van der Waals surface area contributed by atoms with E-state index in [4.69, 9.17) is 11.6 Å². The fraction of sp³-hybridized carbons (Fsp3) is 0.611. The van der Waals surface area contributed by atoms with Gasteiger partial charge >= 0.3 is 0 Å². The van der Waals surface area contributed by atoms with Gasteiger partial charge in [0.15, 0.2) is 0 Å². The van der Waals surface area contributed by atoms with Crippen LogP contribution in [0, 0.1) is 0 Å². The lowest BCUT2D eigenvalue weighted by molar-refractivity contribution is -0.121. The van der Waals surface area contributed by atoms with E-state index in [1.807, 2.05) is 30.0 Å². The molecule has 0 aromatic heterocycles. The summed E-state index contributed by atoms with van der Waals surface area (Å²) in [5.74, 6) is 2.31. The average Bonchev–Trinajstić information content (AvgIpc) is 3.10. The Morgan fingerprint density at radius 3 is 2.77 bits per heavy atom. The number of rotatable bonds is 6. The van der Waals surface area contributed by atoms with Crippen LogP contribution in [0.2, 0.25) is 5.02 Å². The van der Waals surface area contributed by atoms with E-state index in [0.717, 1.165) is 36.2 Å². The van der Waals surface area contributed by atoms with Gasteiger partial charge in [0.25, 0.3) is 0 Å². The van der Waals surface area contributed by atoms with Crippen molar-refractivity contribution in [3.8, 4) is 0 Å². The maximum absolute atomic E-state index is 12.3. The van der Waals surface area contributed by atoms with Crippen molar-refractivity contribution in [3.05, 3.63) is 34.9 Å². The summed E-state index contributed by atoms with van der Waals surface area (Å²) in [7, 11) is 0. The number of thioether (sulfide) groups is 1. The number of nitrogens with one attached hydrogen (secondary N) is 2. The Morgan fingerprint density at radius 1 is 1.35 bits per heavy atom. The van der Waals surface area contributed by atoms with Crippen molar-refractivity contribution in [1.82, 2.24) is 15.5 Å². The van der Waals surface area contributed by atoms with Crippen molar-refractivity contribution >= 4 is 54.1 Å². The van der Waals surface area contributed by atoms with E-state index in [2.05, 4.69) is 21.6 Å². The molecule has 0 spiro atoms. The molecule has 3 rings (SSSR count). The zero-order chi connectivity index (χ0) is 16.8. The van der Waals surface area contributed by atoms with Crippen LogP contribution in [0.5, 0.6) is 0 Å². The summed E-state index contributed by atoms with van der Waals surface area (Å²) in [5, 5.41) is 7.33. The number of hydrogen-bond donors (Lipinski definition) is 2. The summed E-state index contributed by atoms with van der Waals surface area (Å²) in [6, 6.07) is 8.54.